The van der Waals surface area contributed by atoms with Crippen LogP contribution in [-0.2, 0) is 0 Å². The van der Waals surface area contributed by atoms with E-state index in [1.807, 2.05) is 36.4 Å². The molecule has 0 amide bonds. The summed E-state index contributed by atoms with van der Waals surface area (Å²) >= 11 is 0. The maximum absolute atomic E-state index is 9.37. The Bertz CT molecular complexity index is 379. The van der Waals surface area contributed by atoms with Gasteiger partial charge in [0.1, 0.15) is 5.75 Å². The molecular weight excluding hydrogens is 163 g/mol. The lowest BCUT2D eigenvalue weighted by atomic mass is 10.1. The molecule has 0 bridgehead atoms. The van der Waals surface area contributed by atoms with Crippen LogP contribution in [0, 0.1) is 0 Å². The van der Waals surface area contributed by atoms with Crippen LogP contribution in [0.1, 0.15) is 0 Å². The zero-order valence-corrected chi connectivity index (χ0v) is 7.72. The third-order valence-corrected chi connectivity index (χ3v) is 1.77. The van der Waals surface area contributed by atoms with Crippen molar-refractivity contribution in [3.05, 3.63) is 42.5 Å². The van der Waals surface area contributed by atoms with E-state index in [9.17, 15) is 5.11 Å². The molecule has 57 valence electrons. The van der Waals surface area contributed by atoms with Gasteiger partial charge in [-0.05, 0) is 11.5 Å². The van der Waals surface area contributed by atoms with E-state index in [0.717, 1.165) is 10.8 Å². The van der Waals surface area contributed by atoms with Crippen LogP contribution in [0.3, 0.4) is 0 Å². The van der Waals surface area contributed by atoms with Gasteiger partial charge in [-0.2, -0.15) is 0 Å². The summed E-state index contributed by atoms with van der Waals surface area (Å²) < 4.78 is 0. The summed E-state index contributed by atoms with van der Waals surface area (Å²) in [6.45, 7) is 0. The number of phenols is 1. The molecule has 12 heavy (non-hydrogen) atoms. The monoisotopic (exact) mass is 171 g/mol. The Morgan fingerprint density at radius 2 is 1.50 bits per heavy atom. The molecule has 0 saturated heterocycles. The van der Waals surface area contributed by atoms with Gasteiger partial charge in [0.15, 0.2) is 0 Å². The minimum absolute atomic E-state index is 0. The molecule has 1 nitrogen and oxygen atoms in total. The first-order valence-corrected chi connectivity index (χ1v) is 3.54. The summed E-state index contributed by atoms with van der Waals surface area (Å²) in [6.07, 6.45) is 0. The fraction of sp³-hybridized carbons (Fsp3) is 0. The summed E-state index contributed by atoms with van der Waals surface area (Å²) in [7, 11) is 0. The average Bonchev–Trinajstić information content (AvgIpc) is 2.06. The zero-order chi connectivity index (χ0) is 7.68. The number of benzene rings is 2. The Morgan fingerprint density at radius 1 is 0.833 bits per heavy atom. The summed E-state index contributed by atoms with van der Waals surface area (Å²) in [4.78, 5) is 0. The smallest absolute Gasteiger partial charge is 0.123 e. The number of rotatable bonds is 0. The van der Waals surface area contributed by atoms with Crippen LogP contribution in [0.2, 0.25) is 0 Å². The molecule has 0 fully saturated rings. The van der Waals surface area contributed by atoms with E-state index in [-0.39, 0.29) is 17.4 Å². The predicted octanol–water partition coefficient (Wildman–Crippen LogP) is 2.16. The van der Waals surface area contributed by atoms with Gasteiger partial charge in [0.2, 0.25) is 0 Å². The highest BCUT2D eigenvalue weighted by molar-refractivity contribution is 5.87. The van der Waals surface area contributed by atoms with Gasteiger partial charge in [-0.1, -0.05) is 36.4 Å². The number of fused-ring (bicyclic) bond motifs is 1. The van der Waals surface area contributed by atoms with Crippen molar-refractivity contribution in [3.8, 4) is 5.75 Å². The molecular formula is C10H8AlO. The van der Waals surface area contributed by atoms with Crippen LogP contribution in [0.4, 0.5) is 0 Å². The van der Waals surface area contributed by atoms with Crippen molar-refractivity contribution >= 4 is 28.1 Å². The van der Waals surface area contributed by atoms with Crippen molar-refractivity contribution in [2.75, 3.05) is 0 Å². The van der Waals surface area contributed by atoms with Crippen LogP contribution in [0.15, 0.2) is 42.5 Å². The highest BCUT2D eigenvalue weighted by Crippen LogP contribution is 2.22. The van der Waals surface area contributed by atoms with E-state index in [0.29, 0.717) is 5.75 Å². The summed E-state index contributed by atoms with van der Waals surface area (Å²) in [6, 6.07) is 13.3. The van der Waals surface area contributed by atoms with Crippen LogP contribution < -0.4 is 0 Å². The van der Waals surface area contributed by atoms with Crippen molar-refractivity contribution < 1.29 is 5.11 Å². The molecule has 0 heterocycles. The SMILES string of the molecule is Oc1cccc2ccccc12.[Al]. The Morgan fingerprint density at radius 3 is 2.25 bits per heavy atom. The second kappa shape index (κ2) is 3.62. The summed E-state index contributed by atoms with van der Waals surface area (Å²) in [5.41, 5.74) is 0. The normalized spacial score (nSPS) is 9.33. The minimum atomic E-state index is 0. The zero-order valence-electron chi connectivity index (χ0n) is 6.57. The third-order valence-electron chi connectivity index (χ3n) is 1.77. The highest BCUT2D eigenvalue weighted by Gasteiger charge is 1.94. The van der Waals surface area contributed by atoms with Gasteiger partial charge in [0.25, 0.3) is 0 Å². The van der Waals surface area contributed by atoms with E-state index >= 15 is 0 Å². The standard InChI is InChI=1S/C10H8O.Al/c11-10-7-3-5-8-4-1-2-6-9(8)10;/h1-7,11H;. The molecule has 1 N–H and O–H groups in total. The topological polar surface area (TPSA) is 20.2 Å². The third kappa shape index (κ3) is 1.45. The molecule has 2 aromatic rings. The van der Waals surface area contributed by atoms with E-state index in [2.05, 4.69) is 0 Å². The molecule has 0 aliphatic carbocycles. The van der Waals surface area contributed by atoms with Gasteiger partial charge < -0.3 is 5.11 Å². The van der Waals surface area contributed by atoms with Crippen molar-refractivity contribution in [3.63, 3.8) is 0 Å². The summed E-state index contributed by atoms with van der Waals surface area (Å²) in [5.74, 6) is 0.350. The molecule has 0 spiro atoms. The van der Waals surface area contributed by atoms with Crippen molar-refractivity contribution in [1.82, 2.24) is 0 Å². The van der Waals surface area contributed by atoms with E-state index in [1.165, 1.54) is 0 Å². The first-order valence-electron chi connectivity index (χ1n) is 3.54. The number of hydrogen-bond donors (Lipinski definition) is 1. The Labute approximate surface area is 81.8 Å². The first-order chi connectivity index (χ1) is 5.38. The molecule has 2 aromatic carbocycles. The van der Waals surface area contributed by atoms with Crippen molar-refractivity contribution in [2.45, 2.75) is 0 Å². The van der Waals surface area contributed by atoms with Gasteiger partial charge in [-0.15, -0.1) is 0 Å². The largest absolute Gasteiger partial charge is 0.507 e. The molecule has 2 heteroatoms. The average molecular weight is 171 g/mol. The summed E-state index contributed by atoms with van der Waals surface area (Å²) in [5, 5.41) is 11.4. The van der Waals surface area contributed by atoms with Crippen molar-refractivity contribution in [2.24, 2.45) is 0 Å². The minimum Gasteiger partial charge on any atom is -0.507 e. The lowest BCUT2D eigenvalue weighted by Crippen LogP contribution is -1.70. The van der Waals surface area contributed by atoms with Crippen LogP contribution in [0.25, 0.3) is 10.8 Å². The molecule has 0 saturated carbocycles. The molecule has 3 radical (unpaired) electrons. The predicted molar refractivity (Wildman–Crippen MR) is 51.4 cm³/mol. The van der Waals surface area contributed by atoms with Crippen LogP contribution in [-0.4, -0.2) is 22.5 Å². The number of aromatic hydroxyl groups is 1. The fourth-order valence-electron chi connectivity index (χ4n) is 1.21. The Balaban J connectivity index is 0.000000720. The maximum atomic E-state index is 9.37. The molecule has 0 aliphatic rings. The van der Waals surface area contributed by atoms with Gasteiger partial charge in [0.05, 0.1) is 0 Å². The second-order valence-electron chi connectivity index (χ2n) is 2.50. The van der Waals surface area contributed by atoms with Gasteiger partial charge in [0, 0.05) is 22.7 Å². The molecule has 2 rings (SSSR count). The first kappa shape index (κ1) is 9.12. The van der Waals surface area contributed by atoms with E-state index < -0.39 is 0 Å². The van der Waals surface area contributed by atoms with Crippen LogP contribution >= 0.6 is 0 Å². The van der Waals surface area contributed by atoms with Gasteiger partial charge >= 0.3 is 0 Å². The highest BCUT2D eigenvalue weighted by atomic mass is 27.0. The quantitative estimate of drug-likeness (QED) is 0.602. The second-order valence-corrected chi connectivity index (χ2v) is 2.50. The van der Waals surface area contributed by atoms with Gasteiger partial charge in [-0.3, -0.25) is 0 Å². The Hall–Kier alpha value is -0.968. The molecule has 0 aliphatic heterocycles. The lowest BCUT2D eigenvalue weighted by Gasteiger charge is -1.97. The van der Waals surface area contributed by atoms with E-state index in [1.54, 1.807) is 6.07 Å². The van der Waals surface area contributed by atoms with Gasteiger partial charge in [-0.25, -0.2) is 0 Å². The number of phenolic OH excluding ortho intramolecular Hbond substituents is 1. The Kier molecular flexibility index (Phi) is 2.75. The fourth-order valence-corrected chi connectivity index (χ4v) is 1.21. The van der Waals surface area contributed by atoms with Crippen LogP contribution in [0.5, 0.6) is 5.75 Å². The van der Waals surface area contributed by atoms with E-state index in [4.69, 9.17) is 0 Å². The van der Waals surface area contributed by atoms with Crippen molar-refractivity contribution in [1.29, 1.82) is 0 Å². The molecule has 0 aromatic heterocycles. The molecule has 0 unspecified atom stereocenters. The molecule has 0 atom stereocenters. The lowest BCUT2D eigenvalue weighted by molar-refractivity contribution is 0.481. The maximum Gasteiger partial charge on any atom is 0.123 e. The number of hydrogen-bond acceptors (Lipinski definition) is 1.